The minimum atomic E-state index is -1.03. The highest BCUT2D eigenvalue weighted by molar-refractivity contribution is 8.01. The van der Waals surface area contributed by atoms with Crippen LogP contribution in [-0.4, -0.2) is 57.1 Å². The van der Waals surface area contributed by atoms with Gasteiger partial charge in [0.05, 0.1) is 7.11 Å². The van der Waals surface area contributed by atoms with E-state index < -0.39 is 28.7 Å². The van der Waals surface area contributed by atoms with Gasteiger partial charge in [0, 0.05) is 10.8 Å². The highest BCUT2D eigenvalue weighted by atomic mass is 32.2. The number of nitrogens with zero attached hydrogens (tertiary/aromatic N) is 1. The van der Waals surface area contributed by atoms with Crippen LogP contribution in [0.3, 0.4) is 0 Å². The number of nitrogens with one attached hydrogen (secondary N) is 1. The quantitative estimate of drug-likeness (QED) is 0.595. The number of amides is 2. The Hall–Kier alpha value is -2.48. The SMILES string of the molecule is COc1ccc(C=CC(=O)N[C@@H]2C(=O)N3[C@@H]2SC(C)(C)[C@@H]3C(=O)O)cc1. The van der Waals surface area contributed by atoms with Crippen molar-refractivity contribution in [2.75, 3.05) is 7.11 Å². The fourth-order valence-electron chi connectivity index (χ4n) is 3.23. The summed E-state index contributed by atoms with van der Waals surface area (Å²) in [5, 5.41) is 11.7. The number of fused-ring (bicyclic) bond motifs is 1. The molecule has 26 heavy (non-hydrogen) atoms. The molecular weight excluding hydrogens is 356 g/mol. The summed E-state index contributed by atoms with van der Waals surface area (Å²) in [4.78, 5) is 37.3. The van der Waals surface area contributed by atoms with Crippen LogP contribution in [0, 0.1) is 0 Å². The first-order valence-electron chi connectivity index (χ1n) is 8.10. The first kappa shape index (κ1) is 18.3. The second kappa shape index (κ2) is 6.68. The van der Waals surface area contributed by atoms with Crippen molar-refractivity contribution in [1.29, 1.82) is 0 Å². The molecule has 0 aromatic heterocycles. The van der Waals surface area contributed by atoms with Crippen LogP contribution in [0.1, 0.15) is 19.4 Å². The first-order valence-corrected chi connectivity index (χ1v) is 8.98. The average Bonchev–Trinajstić information content (AvgIpc) is 2.86. The number of aliphatic carboxylic acids is 1. The molecular formula is C18H20N2O5S. The maximum absolute atomic E-state index is 12.3. The molecule has 1 aromatic carbocycles. The third kappa shape index (κ3) is 3.16. The lowest BCUT2D eigenvalue weighted by atomic mass is 9.96. The highest BCUT2D eigenvalue weighted by Gasteiger charge is 2.64. The smallest absolute Gasteiger partial charge is 0.327 e. The van der Waals surface area contributed by atoms with E-state index in [0.29, 0.717) is 0 Å². The Morgan fingerprint density at radius 2 is 1.96 bits per heavy atom. The Balaban J connectivity index is 1.63. The van der Waals surface area contributed by atoms with Gasteiger partial charge < -0.3 is 20.1 Å². The first-order chi connectivity index (χ1) is 12.2. The van der Waals surface area contributed by atoms with E-state index in [4.69, 9.17) is 4.74 Å². The highest BCUT2D eigenvalue weighted by Crippen LogP contribution is 2.50. The molecule has 1 aromatic rings. The van der Waals surface area contributed by atoms with E-state index in [1.807, 2.05) is 12.1 Å². The molecule has 0 bridgehead atoms. The Morgan fingerprint density at radius 3 is 2.54 bits per heavy atom. The van der Waals surface area contributed by atoms with Crippen molar-refractivity contribution in [3.05, 3.63) is 35.9 Å². The Bertz CT molecular complexity index is 774. The number of ether oxygens (including phenoxy) is 1. The fraction of sp³-hybridized carbons (Fsp3) is 0.389. The monoisotopic (exact) mass is 376 g/mol. The molecule has 2 aliphatic rings. The summed E-state index contributed by atoms with van der Waals surface area (Å²) in [7, 11) is 1.58. The van der Waals surface area contributed by atoms with Gasteiger partial charge in [-0.25, -0.2) is 4.79 Å². The largest absolute Gasteiger partial charge is 0.497 e. The Morgan fingerprint density at radius 1 is 1.31 bits per heavy atom. The van der Waals surface area contributed by atoms with Crippen molar-refractivity contribution < 1.29 is 24.2 Å². The Kier molecular flexibility index (Phi) is 4.70. The second-order valence-electron chi connectivity index (χ2n) is 6.69. The molecule has 2 aliphatic heterocycles. The number of hydrogen-bond donors (Lipinski definition) is 2. The van der Waals surface area contributed by atoms with Gasteiger partial charge in [0.2, 0.25) is 11.8 Å². The van der Waals surface area contributed by atoms with Crippen LogP contribution in [0.15, 0.2) is 30.3 Å². The molecule has 2 heterocycles. The van der Waals surface area contributed by atoms with Crippen LogP contribution >= 0.6 is 11.8 Å². The van der Waals surface area contributed by atoms with Crippen LogP contribution in [0.5, 0.6) is 5.75 Å². The van der Waals surface area contributed by atoms with Gasteiger partial charge in [0.1, 0.15) is 23.2 Å². The van der Waals surface area contributed by atoms with Crippen LogP contribution in [0.2, 0.25) is 0 Å². The second-order valence-corrected chi connectivity index (χ2v) is 8.46. The molecule has 2 fully saturated rings. The molecule has 2 N–H and O–H groups in total. The van der Waals surface area contributed by atoms with E-state index in [2.05, 4.69) is 5.32 Å². The molecule has 0 aliphatic carbocycles. The molecule has 3 atom stereocenters. The van der Waals surface area contributed by atoms with Crippen molar-refractivity contribution in [2.24, 2.45) is 0 Å². The Labute approximate surface area is 155 Å². The topological polar surface area (TPSA) is 95.9 Å². The number of benzene rings is 1. The minimum absolute atomic E-state index is 0.350. The number of carbonyl (C=O) groups is 3. The normalized spacial score (nSPS) is 26.3. The fourth-order valence-corrected chi connectivity index (χ4v) is 4.86. The number of hydrogen-bond acceptors (Lipinski definition) is 5. The number of β-lactam (4-membered cyclic amide) rings is 1. The lowest BCUT2D eigenvalue weighted by molar-refractivity contribution is -0.160. The summed E-state index contributed by atoms with van der Waals surface area (Å²) in [6, 6.07) is 5.62. The summed E-state index contributed by atoms with van der Waals surface area (Å²) in [5.74, 6) is -1.05. The number of carboxylic acids is 1. The van der Waals surface area contributed by atoms with Gasteiger partial charge in [0.15, 0.2) is 0 Å². The van der Waals surface area contributed by atoms with Crippen LogP contribution in [0.4, 0.5) is 0 Å². The van der Waals surface area contributed by atoms with Crippen molar-refractivity contribution in [1.82, 2.24) is 10.2 Å². The summed E-state index contributed by atoms with van der Waals surface area (Å²) in [6.07, 6.45) is 3.00. The minimum Gasteiger partial charge on any atom is -0.497 e. The lowest BCUT2D eigenvalue weighted by Crippen LogP contribution is -2.70. The molecule has 7 nitrogen and oxygen atoms in total. The van der Waals surface area contributed by atoms with Gasteiger partial charge in [-0.2, -0.15) is 0 Å². The van der Waals surface area contributed by atoms with Crippen molar-refractivity contribution in [2.45, 2.75) is 36.1 Å². The van der Waals surface area contributed by atoms with Gasteiger partial charge in [0.25, 0.3) is 0 Å². The van der Waals surface area contributed by atoms with Crippen molar-refractivity contribution in [3.8, 4) is 5.75 Å². The van der Waals surface area contributed by atoms with E-state index in [0.717, 1.165) is 11.3 Å². The van der Waals surface area contributed by atoms with Crippen molar-refractivity contribution in [3.63, 3.8) is 0 Å². The zero-order chi connectivity index (χ0) is 19.1. The number of thioether (sulfide) groups is 1. The van der Waals surface area contributed by atoms with Crippen LogP contribution in [-0.2, 0) is 14.4 Å². The predicted molar refractivity (Wildman–Crippen MR) is 97.7 cm³/mol. The third-order valence-electron chi connectivity index (χ3n) is 4.52. The predicted octanol–water partition coefficient (Wildman–Crippen LogP) is 1.34. The van der Waals surface area contributed by atoms with Crippen LogP contribution < -0.4 is 10.1 Å². The van der Waals surface area contributed by atoms with Gasteiger partial charge in [-0.05, 0) is 37.6 Å². The summed E-state index contributed by atoms with van der Waals surface area (Å²) in [6.45, 7) is 3.59. The molecule has 0 saturated carbocycles. The number of methoxy groups -OCH3 is 1. The molecule has 8 heteroatoms. The van der Waals surface area contributed by atoms with Gasteiger partial charge in [-0.1, -0.05) is 12.1 Å². The number of carboxylic acid groups (broad SMARTS) is 1. The molecule has 0 radical (unpaired) electrons. The van der Waals surface area contributed by atoms with E-state index in [1.54, 1.807) is 39.2 Å². The van der Waals surface area contributed by atoms with E-state index in [1.165, 1.54) is 22.7 Å². The molecule has 2 saturated heterocycles. The van der Waals surface area contributed by atoms with Crippen LogP contribution in [0.25, 0.3) is 6.08 Å². The average molecular weight is 376 g/mol. The molecule has 2 amide bonds. The summed E-state index contributed by atoms with van der Waals surface area (Å²) < 4.78 is 4.47. The number of carbonyl (C=O) groups excluding carboxylic acids is 2. The molecule has 0 spiro atoms. The third-order valence-corrected chi connectivity index (χ3v) is 6.09. The number of rotatable bonds is 5. The molecule has 0 unspecified atom stereocenters. The zero-order valence-corrected chi connectivity index (χ0v) is 15.4. The van der Waals surface area contributed by atoms with Gasteiger partial charge >= 0.3 is 5.97 Å². The maximum atomic E-state index is 12.3. The van der Waals surface area contributed by atoms with Gasteiger partial charge in [-0.3, -0.25) is 9.59 Å². The lowest BCUT2D eigenvalue weighted by Gasteiger charge is -2.43. The van der Waals surface area contributed by atoms with E-state index in [9.17, 15) is 19.5 Å². The maximum Gasteiger partial charge on any atom is 0.327 e. The van der Waals surface area contributed by atoms with Crippen molar-refractivity contribution >= 4 is 35.6 Å². The zero-order valence-electron chi connectivity index (χ0n) is 14.6. The molecule has 3 rings (SSSR count). The van der Waals surface area contributed by atoms with E-state index >= 15 is 0 Å². The molecule has 138 valence electrons. The summed E-state index contributed by atoms with van der Waals surface area (Å²) in [5.41, 5.74) is 0.824. The summed E-state index contributed by atoms with van der Waals surface area (Å²) >= 11 is 1.40. The van der Waals surface area contributed by atoms with E-state index in [-0.39, 0.29) is 11.3 Å². The standard InChI is InChI=1S/C18H20N2O5S/c1-18(2)14(17(23)24)20-15(22)13(16(20)26-18)19-12(21)9-6-10-4-7-11(25-3)8-5-10/h4-9,13-14,16H,1-3H3,(H,19,21)(H,23,24)/t13-,14+,16-/m1/s1. The van der Waals surface area contributed by atoms with Gasteiger partial charge in [-0.15, -0.1) is 11.8 Å².